The Morgan fingerprint density at radius 2 is 0.816 bits per heavy atom. The molecule has 3 aliphatic rings. The zero-order valence-corrected chi connectivity index (χ0v) is 53.0. The molecule has 0 aliphatic carbocycles. The first-order chi connectivity index (χ1) is 42.3. The first kappa shape index (κ1) is 78.5. The fourth-order valence-corrected chi connectivity index (χ4v) is 11.1. The Bertz CT molecular complexity index is 1860. The van der Waals surface area contributed by atoms with Crippen molar-refractivity contribution < 1.29 is 89.4 Å². The molecule has 87 heavy (non-hydrogen) atoms. The van der Waals surface area contributed by atoms with Gasteiger partial charge in [-0.25, -0.2) is 0 Å². The molecule has 3 heterocycles. The highest BCUT2D eigenvalue weighted by Crippen LogP contribution is 2.33. The van der Waals surface area contributed by atoms with Crippen molar-refractivity contribution in [2.75, 3.05) is 26.4 Å². The first-order valence-electron chi connectivity index (χ1n) is 33.7. The van der Waals surface area contributed by atoms with Crippen LogP contribution in [0.4, 0.5) is 0 Å². The quantitative estimate of drug-likeness (QED) is 0.0202. The molecule has 504 valence electrons. The van der Waals surface area contributed by atoms with E-state index in [4.69, 9.17) is 28.4 Å². The third-order valence-corrected chi connectivity index (χ3v) is 16.5. The van der Waals surface area contributed by atoms with E-state index in [2.05, 4.69) is 66.9 Å². The van der Waals surface area contributed by atoms with E-state index in [9.17, 15) is 61.0 Å². The van der Waals surface area contributed by atoms with Crippen LogP contribution in [-0.2, 0) is 33.2 Å². The number of ether oxygens (including phenoxy) is 6. The number of carbonyl (C=O) groups excluding carboxylic acids is 1. The summed E-state index contributed by atoms with van der Waals surface area (Å²) in [6, 6.07) is -0.996. The summed E-state index contributed by atoms with van der Waals surface area (Å²) in [5.41, 5.74) is 0. The molecule has 0 aromatic carbocycles. The zero-order chi connectivity index (χ0) is 63.3. The summed E-state index contributed by atoms with van der Waals surface area (Å²) >= 11 is 0. The van der Waals surface area contributed by atoms with E-state index in [1.807, 2.05) is 19.1 Å². The normalized spacial score (nSPS) is 29.0. The minimum Gasteiger partial charge on any atom is -0.394 e. The Balaban J connectivity index is 1.33. The highest BCUT2D eigenvalue weighted by Gasteiger charge is 2.53. The van der Waals surface area contributed by atoms with Crippen molar-refractivity contribution in [3.05, 3.63) is 72.9 Å². The number of unbranched alkanes of at least 4 members (excludes halogenated alkanes) is 25. The molecule has 0 aromatic heterocycles. The van der Waals surface area contributed by atoms with Gasteiger partial charge in [0.1, 0.15) is 73.2 Å². The predicted molar refractivity (Wildman–Crippen MR) is 337 cm³/mol. The second-order valence-electron chi connectivity index (χ2n) is 23.9. The number of hydrogen-bond acceptors (Lipinski definition) is 18. The molecule has 1 amide bonds. The van der Waals surface area contributed by atoms with E-state index in [1.165, 1.54) is 135 Å². The summed E-state index contributed by atoms with van der Waals surface area (Å²) in [4.78, 5) is 13.3. The number of aliphatic hydroxyl groups excluding tert-OH is 11. The fraction of sp³-hybridized carbons (Fsp3) is 0.809. The van der Waals surface area contributed by atoms with Crippen LogP contribution in [0.15, 0.2) is 72.9 Å². The average Bonchev–Trinajstić information content (AvgIpc) is 3.66. The minimum atomic E-state index is -1.98. The number of carbonyl (C=O) groups is 1. The van der Waals surface area contributed by atoms with Gasteiger partial charge in [-0.3, -0.25) is 4.79 Å². The molecular weight excluding hydrogens is 1120 g/mol. The lowest BCUT2D eigenvalue weighted by atomic mass is 9.96. The van der Waals surface area contributed by atoms with E-state index in [1.54, 1.807) is 6.08 Å². The van der Waals surface area contributed by atoms with Crippen LogP contribution in [0.5, 0.6) is 0 Å². The minimum absolute atomic E-state index is 0.230. The molecular formula is C68H119NO18. The number of hydrogen-bond donors (Lipinski definition) is 12. The van der Waals surface area contributed by atoms with E-state index in [0.29, 0.717) is 12.8 Å². The van der Waals surface area contributed by atoms with Crippen LogP contribution in [0, 0.1) is 0 Å². The van der Waals surface area contributed by atoms with Crippen molar-refractivity contribution in [3.63, 3.8) is 0 Å². The molecule has 0 spiro atoms. The second kappa shape index (κ2) is 49.9. The number of allylic oxidation sites excluding steroid dienone is 11. The van der Waals surface area contributed by atoms with E-state index < -0.39 is 124 Å². The van der Waals surface area contributed by atoms with E-state index in [-0.39, 0.29) is 18.9 Å². The summed E-state index contributed by atoms with van der Waals surface area (Å²) in [6.07, 6.45) is 35.2. The zero-order valence-electron chi connectivity index (χ0n) is 53.0. The lowest BCUT2D eigenvalue weighted by Gasteiger charge is -2.48. The number of aliphatic hydroxyl groups is 11. The Labute approximate surface area is 521 Å². The van der Waals surface area contributed by atoms with E-state index in [0.717, 1.165) is 51.4 Å². The van der Waals surface area contributed by atoms with Crippen LogP contribution in [0.1, 0.15) is 219 Å². The summed E-state index contributed by atoms with van der Waals surface area (Å²) in [7, 11) is 0. The first-order valence-corrected chi connectivity index (χ1v) is 33.7. The van der Waals surface area contributed by atoms with Crippen LogP contribution in [0.2, 0.25) is 0 Å². The van der Waals surface area contributed by atoms with Crippen LogP contribution < -0.4 is 5.32 Å². The van der Waals surface area contributed by atoms with Crippen LogP contribution in [0.3, 0.4) is 0 Å². The molecule has 0 aromatic rings. The van der Waals surface area contributed by atoms with Gasteiger partial charge < -0.3 is 89.9 Å². The average molecular weight is 1240 g/mol. The lowest BCUT2D eigenvalue weighted by Crippen LogP contribution is -2.66. The molecule has 3 rings (SSSR count). The SMILES string of the molecule is C/C=C/CC/C=C/CC/C=C/C(O)C(COC1OC(CO)C(OC2OC(CO)C(OC3OC(CO)C(O)C(O)C3O)C(O)C2O)C(O)C1O)NC(=O)CCCCCCCCCCCCCCCCCCCC/C=C\C/C=C\C/C=C\CCCCCCC. The predicted octanol–water partition coefficient (Wildman–Crippen LogP) is 8.16. The molecule has 19 heteroatoms. The molecule has 17 unspecified atom stereocenters. The standard InChI is InChI=1S/C68H119NO18/c1-3-5-7-9-11-13-14-15-16-17-18-19-20-21-22-23-24-25-26-27-28-29-30-31-32-33-34-35-36-38-40-42-44-46-56(74)69-51(52(73)45-43-41-39-37-12-10-8-6-4-2)50-82-66-62(80)59(77)64(54(48-71)84-66)87-68-63(81)60(78)65(55(49-72)85-68)86-67-61(79)58(76)57(75)53(47-70)83-67/h4,6,12,14-15,17-18,20-21,37,43,45,51-55,57-68,70-73,75-81H,3,5,7-11,13,16,19,22-36,38-42,44,46-50H2,1-2H3,(H,69,74)/b6-4+,15-14-,18-17-,21-20-,37-12+,45-43+. The monoisotopic (exact) mass is 1240 g/mol. The molecule has 12 N–H and O–H groups in total. The van der Waals surface area contributed by atoms with Gasteiger partial charge >= 0.3 is 0 Å². The van der Waals surface area contributed by atoms with Crippen molar-refractivity contribution in [3.8, 4) is 0 Å². The van der Waals surface area contributed by atoms with Gasteiger partial charge in [-0.15, -0.1) is 0 Å². The van der Waals surface area contributed by atoms with Gasteiger partial charge in [0, 0.05) is 6.42 Å². The van der Waals surface area contributed by atoms with Crippen LogP contribution >= 0.6 is 0 Å². The Morgan fingerprint density at radius 3 is 1.29 bits per heavy atom. The van der Waals surface area contributed by atoms with Crippen LogP contribution in [-0.4, -0.2) is 193 Å². The van der Waals surface area contributed by atoms with Gasteiger partial charge in [-0.2, -0.15) is 0 Å². The largest absolute Gasteiger partial charge is 0.394 e. The smallest absolute Gasteiger partial charge is 0.220 e. The van der Waals surface area contributed by atoms with Gasteiger partial charge in [0.15, 0.2) is 18.9 Å². The summed E-state index contributed by atoms with van der Waals surface area (Å²) < 4.78 is 34.2. The Hall–Kier alpha value is -2.77. The number of nitrogens with one attached hydrogen (secondary N) is 1. The topological polar surface area (TPSA) is 307 Å². The summed E-state index contributed by atoms with van der Waals surface area (Å²) in [6.45, 7) is 1.44. The molecule has 3 aliphatic heterocycles. The molecule has 0 bridgehead atoms. The maximum absolute atomic E-state index is 13.3. The van der Waals surface area contributed by atoms with Gasteiger partial charge in [-0.05, 0) is 77.6 Å². The summed E-state index contributed by atoms with van der Waals surface area (Å²) in [5, 5.41) is 120. The Morgan fingerprint density at radius 1 is 0.437 bits per heavy atom. The van der Waals surface area contributed by atoms with Crippen molar-refractivity contribution in [2.45, 2.75) is 324 Å². The number of rotatable bonds is 50. The lowest BCUT2D eigenvalue weighted by molar-refractivity contribution is -0.379. The highest BCUT2D eigenvalue weighted by atomic mass is 16.8. The third kappa shape index (κ3) is 32.4. The Kier molecular flexibility index (Phi) is 45.0. The second-order valence-corrected chi connectivity index (χ2v) is 23.9. The van der Waals surface area contributed by atoms with Gasteiger partial charge in [0.25, 0.3) is 0 Å². The maximum Gasteiger partial charge on any atom is 0.220 e. The molecule has 17 atom stereocenters. The number of amides is 1. The maximum atomic E-state index is 13.3. The van der Waals surface area contributed by atoms with Gasteiger partial charge in [-0.1, -0.05) is 208 Å². The summed E-state index contributed by atoms with van der Waals surface area (Å²) in [5.74, 6) is -0.294. The third-order valence-electron chi connectivity index (χ3n) is 16.5. The molecule has 0 saturated carbocycles. The molecule has 0 radical (unpaired) electrons. The van der Waals surface area contributed by atoms with E-state index >= 15 is 0 Å². The highest BCUT2D eigenvalue weighted by molar-refractivity contribution is 5.76. The van der Waals surface area contributed by atoms with Crippen LogP contribution in [0.25, 0.3) is 0 Å². The van der Waals surface area contributed by atoms with Crippen molar-refractivity contribution in [1.82, 2.24) is 5.32 Å². The van der Waals surface area contributed by atoms with Crippen molar-refractivity contribution >= 4 is 5.91 Å². The van der Waals surface area contributed by atoms with Gasteiger partial charge in [0.2, 0.25) is 5.91 Å². The van der Waals surface area contributed by atoms with Gasteiger partial charge in [0.05, 0.1) is 38.6 Å². The van der Waals surface area contributed by atoms with Crippen molar-refractivity contribution in [2.24, 2.45) is 0 Å². The molecule has 3 fully saturated rings. The van der Waals surface area contributed by atoms with Crippen molar-refractivity contribution in [1.29, 1.82) is 0 Å². The fourth-order valence-electron chi connectivity index (χ4n) is 11.1. The molecule has 3 saturated heterocycles. The molecule has 19 nitrogen and oxygen atoms in total.